The number of esters is 1. The minimum Gasteiger partial charge on any atom is -0.444 e. The molecule has 0 radical (unpaired) electrons. The second-order valence-corrected chi connectivity index (χ2v) is 3.03. The van der Waals surface area contributed by atoms with E-state index in [4.69, 9.17) is 15.1 Å². The quantitative estimate of drug-likeness (QED) is 0.754. The SMILES string of the molecule is C[C@H](C#N)OC(=O)c1ccc(CO)cc1. The Kier molecular flexibility index (Phi) is 3.83. The van der Waals surface area contributed by atoms with E-state index >= 15 is 0 Å². The van der Waals surface area contributed by atoms with Crippen LogP contribution in [0.2, 0.25) is 0 Å². The minimum absolute atomic E-state index is 0.0655. The molecule has 0 aliphatic carbocycles. The molecule has 0 bridgehead atoms. The van der Waals surface area contributed by atoms with Gasteiger partial charge in [0.25, 0.3) is 0 Å². The molecule has 1 N–H and O–H groups in total. The first-order chi connectivity index (χ1) is 7.17. The fourth-order valence-electron chi connectivity index (χ4n) is 1.00. The van der Waals surface area contributed by atoms with Crippen LogP contribution in [0, 0.1) is 11.3 Å². The number of ether oxygens (including phenoxy) is 1. The molecule has 0 aromatic heterocycles. The number of carbonyl (C=O) groups excluding carboxylic acids is 1. The molecular weight excluding hydrogens is 194 g/mol. The van der Waals surface area contributed by atoms with Crippen molar-refractivity contribution >= 4 is 5.97 Å². The van der Waals surface area contributed by atoms with E-state index in [9.17, 15) is 4.79 Å². The van der Waals surface area contributed by atoms with Crippen LogP contribution in [0.25, 0.3) is 0 Å². The van der Waals surface area contributed by atoms with Gasteiger partial charge in [0.1, 0.15) is 6.07 Å². The van der Waals surface area contributed by atoms with Crippen LogP contribution in [-0.4, -0.2) is 17.2 Å². The minimum atomic E-state index is -0.755. The highest BCUT2D eigenvalue weighted by Gasteiger charge is 2.10. The van der Waals surface area contributed by atoms with Crippen LogP contribution in [-0.2, 0) is 11.3 Å². The Labute approximate surface area is 87.7 Å². The van der Waals surface area contributed by atoms with E-state index < -0.39 is 12.1 Å². The summed E-state index contributed by atoms with van der Waals surface area (Å²) in [7, 11) is 0. The van der Waals surface area contributed by atoms with E-state index in [-0.39, 0.29) is 6.61 Å². The summed E-state index contributed by atoms with van der Waals surface area (Å²) in [5.74, 6) is -0.534. The summed E-state index contributed by atoms with van der Waals surface area (Å²) in [6.45, 7) is 1.43. The van der Waals surface area contributed by atoms with Crippen molar-refractivity contribution in [3.63, 3.8) is 0 Å². The van der Waals surface area contributed by atoms with Crippen LogP contribution < -0.4 is 0 Å². The van der Waals surface area contributed by atoms with Gasteiger partial charge in [-0.25, -0.2) is 4.79 Å². The standard InChI is InChI=1S/C11H11NO3/c1-8(6-12)15-11(14)10-4-2-9(7-13)3-5-10/h2-5,8,13H,7H2,1H3/t8-/m1/s1. The highest BCUT2D eigenvalue weighted by atomic mass is 16.5. The van der Waals surface area contributed by atoms with Gasteiger partial charge in [0.15, 0.2) is 6.10 Å². The van der Waals surface area contributed by atoms with Gasteiger partial charge in [-0.15, -0.1) is 0 Å². The van der Waals surface area contributed by atoms with Gasteiger partial charge in [-0.2, -0.15) is 5.26 Å². The van der Waals surface area contributed by atoms with Gasteiger partial charge in [-0.3, -0.25) is 0 Å². The topological polar surface area (TPSA) is 70.3 Å². The molecule has 1 aromatic carbocycles. The Bertz CT molecular complexity index is 378. The molecule has 15 heavy (non-hydrogen) atoms. The van der Waals surface area contributed by atoms with Gasteiger partial charge in [-0.05, 0) is 24.6 Å². The summed E-state index contributed by atoms with van der Waals surface area (Å²) in [6.07, 6.45) is -0.755. The molecule has 0 saturated heterocycles. The Morgan fingerprint density at radius 1 is 1.53 bits per heavy atom. The van der Waals surface area contributed by atoms with E-state index in [0.29, 0.717) is 5.56 Å². The highest BCUT2D eigenvalue weighted by Crippen LogP contribution is 2.07. The third-order valence-electron chi connectivity index (χ3n) is 1.84. The molecule has 0 amide bonds. The van der Waals surface area contributed by atoms with Gasteiger partial charge < -0.3 is 9.84 Å². The normalized spacial score (nSPS) is 11.5. The molecule has 4 heteroatoms. The number of hydrogen-bond acceptors (Lipinski definition) is 4. The number of benzene rings is 1. The van der Waals surface area contributed by atoms with Crippen molar-refractivity contribution in [3.8, 4) is 6.07 Å². The molecule has 78 valence electrons. The lowest BCUT2D eigenvalue weighted by Gasteiger charge is -2.05. The van der Waals surface area contributed by atoms with Crippen molar-refractivity contribution in [2.45, 2.75) is 19.6 Å². The molecule has 0 saturated carbocycles. The second kappa shape index (κ2) is 5.13. The monoisotopic (exact) mass is 205 g/mol. The highest BCUT2D eigenvalue weighted by molar-refractivity contribution is 5.89. The Morgan fingerprint density at radius 3 is 2.60 bits per heavy atom. The number of aliphatic hydroxyl groups is 1. The van der Waals surface area contributed by atoms with E-state index in [1.807, 2.05) is 0 Å². The van der Waals surface area contributed by atoms with Crippen molar-refractivity contribution in [1.29, 1.82) is 5.26 Å². The number of carbonyl (C=O) groups is 1. The zero-order valence-electron chi connectivity index (χ0n) is 8.30. The number of hydrogen-bond donors (Lipinski definition) is 1. The molecule has 1 rings (SSSR count). The number of rotatable bonds is 3. The number of nitriles is 1. The third kappa shape index (κ3) is 3.08. The van der Waals surface area contributed by atoms with Crippen LogP contribution in [0.1, 0.15) is 22.8 Å². The summed E-state index contributed by atoms with van der Waals surface area (Å²) >= 11 is 0. The van der Waals surface area contributed by atoms with E-state index in [1.54, 1.807) is 30.3 Å². The van der Waals surface area contributed by atoms with Crippen molar-refractivity contribution < 1.29 is 14.6 Å². The third-order valence-corrected chi connectivity index (χ3v) is 1.84. The van der Waals surface area contributed by atoms with E-state index in [1.165, 1.54) is 6.92 Å². The van der Waals surface area contributed by atoms with Crippen LogP contribution in [0.5, 0.6) is 0 Å². The van der Waals surface area contributed by atoms with Gasteiger partial charge in [0.2, 0.25) is 0 Å². The van der Waals surface area contributed by atoms with Crippen molar-refractivity contribution in [3.05, 3.63) is 35.4 Å². The molecule has 0 aliphatic heterocycles. The molecule has 0 fully saturated rings. The Hall–Kier alpha value is -1.86. The maximum absolute atomic E-state index is 11.4. The number of nitrogens with zero attached hydrogens (tertiary/aromatic N) is 1. The molecule has 1 atom stereocenters. The average Bonchev–Trinajstić information content (AvgIpc) is 2.29. The molecular formula is C11H11NO3. The maximum Gasteiger partial charge on any atom is 0.339 e. The molecule has 0 heterocycles. The molecule has 0 aliphatic rings. The Balaban J connectivity index is 2.71. The summed E-state index contributed by atoms with van der Waals surface area (Å²) in [5.41, 5.74) is 1.09. The van der Waals surface area contributed by atoms with Crippen LogP contribution in [0.3, 0.4) is 0 Å². The van der Waals surface area contributed by atoms with Crippen molar-refractivity contribution in [2.24, 2.45) is 0 Å². The molecule has 0 spiro atoms. The summed E-state index contributed by atoms with van der Waals surface area (Å²) in [4.78, 5) is 11.4. The van der Waals surface area contributed by atoms with E-state index in [0.717, 1.165) is 5.56 Å². The number of aliphatic hydroxyl groups excluding tert-OH is 1. The molecule has 0 unspecified atom stereocenters. The first-order valence-electron chi connectivity index (χ1n) is 4.47. The largest absolute Gasteiger partial charge is 0.444 e. The first kappa shape index (κ1) is 11.2. The fourth-order valence-corrected chi connectivity index (χ4v) is 1.00. The van der Waals surface area contributed by atoms with E-state index in [2.05, 4.69) is 0 Å². The van der Waals surface area contributed by atoms with Crippen LogP contribution in [0.4, 0.5) is 0 Å². The molecule has 4 nitrogen and oxygen atoms in total. The van der Waals surface area contributed by atoms with Gasteiger partial charge >= 0.3 is 5.97 Å². The first-order valence-corrected chi connectivity index (χ1v) is 4.47. The zero-order chi connectivity index (χ0) is 11.3. The van der Waals surface area contributed by atoms with Gasteiger partial charge in [0, 0.05) is 0 Å². The van der Waals surface area contributed by atoms with Gasteiger partial charge in [-0.1, -0.05) is 12.1 Å². The Morgan fingerprint density at radius 2 is 2.13 bits per heavy atom. The lowest BCUT2D eigenvalue weighted by molar-refractivity contribution is 0.0435. The summed E-state index contributed by atoms with van der Waals surface area (Å²) < 4.78 is 4.80. The summed E-state index contributed by atoms with van der Waals surface area (Å²) in [6, 6.07) is 8.18. The van der Waals surface area contributed by atoms with Crippen molar-refractivity contribution in [1.82, 2.24) is 0 Å². The van der Waals surface area contributed by atoms with Gasteiger partial charge in [0.05, 0.1) is 12.2 Å². The average molecular weight is 205 g/mol. The molecule has 1 aromatic rings. The predicted molar refractivity (Wildman–Crippen MR) is 52.9 cm³/mol. The lowest BCUT2D eigenvalue weighted by atomic mass is 10.1. The fraction of sp³-hybridized carbons (Fsp3) is 0.273. The summed E-state index contributed by atoms with van der Waals surface area (Å²) in [5, 5.41) is 17.2. The lowest BCUT2D eigenvalue weighted by Crippen LogP contribution is -2.12. The second-order valence-electron chi connectivity index (χ2n) is 3.03. The maximum atomic E-state index is 11.4. The van der Waals surface area contributed by atoms with Crippen LogP contribution >= 0.6 is 0 Å². The zero-order valence-corrected chi connectivity index (χ0v) is 8.30. The predicted octanol–water partition coefficient (Wildman–Crippen LogP) is 1.25. The smallest absolute Gasteiger partial charge is 0.339 e. The van der Waals surface area contributed by atoms with Crippen molar-refractivity contribution in [2.75, 3.05) is 0 Å². The van der Waals surface area contributed by atoms with Crippen LogP contribution in [0.15, 0.2) is 24.3 Å².